The van der Waals surface area contributed by atoms with Crippen molar-refractivity contribution in [3.8, 4) is 0 Å². The Morgan fingerprint density at radius 3 is 2.69 bits per heavy atom. The molecule has 0 aliphatic carbocycles. The summed E-state index contributed by atoms with van der Waals surface area (Å²) in [4.78, 5) is 19.7. The number of morpholine rings is 1. The molecule has 2 saturated heterocycles. The highest BCUT2D eigenvalue weighted by atomic mass is 16.5. The predicted molar refractivity (Wildman–Crippen MR) is 95.8 cm³/mol. The van der Waals surface area contributed by atoms with Gasteiger partial charge in [0, 0.05) is 51.5 Å². The SMILES string of the molecule is Cn1c(CN2CCOCC2)nnc1C1CCN(C(=O)c2cc[nH]c2)CC1. The van der Waals surface area contributed by atoms with Crippen LogP contribution < -0.4 is 0 Å². The number of rotatable bonds is 4. The van der Waals surface area contributed by atoms with Crippen LogP contribution in [0.1, 0.15) is 40.8 Å². The molecule has 1 amide bonds. The van der Waals surface area contributed by atoms with Crippen molar-refractivity contribution in [3.05, 3.63) is 35.7 Å². The maximum absolute atomic E-state index is 12.5. The molecular weight excluding hydrogens is 332 g/mol. The van der Waals surface area contributed by atoms with E-state index in [1.165, 1.54) is 0 Å². The summed E-state index contributed by atoms with van der Waals surface area (Å²) in [6, 6.07) is 1.83. The second-order valence-electron chi connectivity index (χ2n) is 7.09. The molecule has 4 heterocycles. The van der Waals surface area contributed by atoms with Gasteiger partial charge in [0.1, 0.15) is 11.6 Å². The maximum Gasteiger partial charge on any atom is 0.255 e. The molecule has 0 atom stereocenters. The van der Waals surface area contributed by atoms with Gasteiger partial charge in [0.25, 0.3) is 5.91 Å². The molecule has 8 heteroatoms. The zero-order valence-electron chi connectivity index (χ0n) is 15.2. The van der Waals surface area contributed by atoms with E-state index in [9.17, 15) is 4.79 Å². The number of aromatic nitrogens is 4. The van der Waals surface area contributed by atoms with Gasteiger partial charge in [0.15, 0.2) is 0 Å². The number of likely N-dealkylation sites (tertiary alicyclic amines) is 1. The van der Waals surface area contributed by atoms with Crippen molar-refractivity contribution in [2.75, 3.05) is 39.4 Å². The lowest BCUT2D eigenvalue weighted by molar-refractivity contribution is 0.0326. The molecule has 0 aromatic carbocycles. The van der Waals surface area contributed by atoms with E-state index >= 15 is 0 Å². The number of nitrogens with one attached hydrogen (secondary N) is 1. The van der Waals surface area contributed by atoms with Gasteiger partial charge in [-0.3, -0.25) is 9.69 Å². The molecule has 1 N–H and O–H groups in total. The van der Waals surface area contributed by atoms with E-state index in [1.807, 2.05) is 11.0 Å². The summed E-state index contributed by atoms with van der Waals surface area (Å²) in [5, 5.41) is 8.90. The fourth-order valence-corrected chi connectivity index (χ4v) is 3.81. The first-order valence-electron chi connectivity index (χ1n) is 9.32. The number of hydrogen-bond donors (Lipinski definition) is 1. The van der Waals surface area contributed by atoms with Crippen LogP contribution >= 0.6 is 0 Å². The van der Waals surface area contributed by atoms with Crippen molar-refractivity contribution in [1.29, 1.82) is 0 Å². The van der Waals surface area contributed by atoms with Gasteiger partial charge >= 0.3 is 0 Å². The Morgan fingerprint density at radius 2 is 2.00 bits per heavy atom. The first kappa shape index (κ1) is 17.2. The second-order valence-corrected chi connectivity index (χ2v) is 7.09. The van der Waals surface area contributed by atoms with Gasteiger partial charge in [-0.05, 0) is 18.9 Å². The molecule has 0 bridgehead atoms. The molecule has 2 aromatic heterocycles. The van der Waals surface area contributed by atoms with Gasteiger partial charge < -0.3 is 19.2 Å². The fraction of sp³-hybridized carbons (Fsp3) is 0.611. The van der Waals surface area contributed by atoms with Gasteiger partial charge in [0.2, 0.25) is 0 Å². The molecular formula is C18H26N6O2. The van der Waals surface area contributed by atoms with Crippen molar-refractivity contribution < 1.29 is 9.53 Å². The lowest BCUT2D eigenvalue weighted by atomic mass is 9.95. The van der Waals surface area contributed by atoms with Crippen LogP contribution in [-0.4, -0.2) is 74.8 Å². The van der Waals surface area contributed by atoms with Crippen molar-refractivity contribution in [2.45, 2.75) is 25.3 Å². The Kier molecular flexibility index (Phi) is 5.03. The average molecular weight is 358 g/mol. The molecule has 2 fully saturated rings. The van der Waals surface area contributed by atoms with Crippen molar-refractivity contribution >= 4 is 5.91 Å². The molecule has 0 spiro atoms. The zero-order valence-corrected chi connectivity index (χ0v) is 15.2. The van der Waals surface area contributed by atoms with Crippen LogP contribution in [0.4, 0.5) is 0 Å². The number of piperidine rings is 1. The number of carbonyl (C=O) groups excluding carboxylic acids is 1. The highest BCUT2D eigenvalue weighted by molar-refractivity contribution is 5.94. The molecule has 0 unspecified atom stereocenters. The minimum absolute atomic E-state index is 0.107. The molecule has 8 nitrogen and oxygen atoms in total. The van der Waals surface area contributed by atoms with E-state index in [-0.39, 0.29) is 5.91 Å². The minimum Gasteiger partial charge on any atom is -0.379 e. The van der Waals surface area contributed by atoms with Crippen LogP contribution in [0.2, 0.25) is 0 Å². The third-order valence-corrected chi connectivity index (χ3v) is 5.46. The highest BCUT2D eigenvalue weighted by Gasteiger charge is 2.28. The van der Waals surface area contributed by atoms with Gasteiger partial charge in [-0.25, -0.2) is 0 Å². The summed E-state index contributed by atoms with van der Waals surface area (Å²) in [7, 11) is 2.06. The van der Waals surface area contributed by atoms with Gasteiger partial charge in [0.05, 0.1) is 25.3 Å². The maximum atomic E-state index is 12.5. The summed E-state index contributed by atoms with van der Waals surface area (Å²) < 4.78 is 7.55. The summed E-state index contributed by atoms with van der Waals surface area (Å²) in [6.07, 6.45) is 5.41. The first-order chi connectivity index (χ1) is 12.7. The van der Waals surface area contributed by atoms with Crippen LogP contribution in [-0.2, 0) is 18.3 Å². The number of amides is 1. The van der Waals surface area contributed by atoms with Crippen molar-refractivity contribution in [1.82, 2.24) is 29.5 Å². The standard InChI is InChI=1S/C18H26N6O2/c1-22-16(13-23-8-10-26-11-9-23)20-21-17(22)14-3-6-24(7-4-14)18(25)15-2-5-19-12-15/h2,5,12,14,19H,3-4,6-11,13H2,1H3. The molecule has 2 aromatic rings. The van der Waals surface area contributed by atoms with E-state index in [2.05, 4.69) is 31.7 Å². The number of carbonyl (C=O) groups is 1. The summed E-state index contributed by atoms with van der Waals surface area (Å²) >= 11 is 0. The fourth-order valence-electron chi connectivity index (χ4n) is 3.81. The monoisotopic (exact) mass is 358 g/mol. The smallest absolute Gasteiger partial charge is 0.255 e. The van der Waals surface area contributed by atoms with Crippen molar-refractivity contribution in [2.24, 2.45) is 7.05 Å². The lowest BCUT2D eigenvalue weighted by Crippen LogP contribution is -2.38. The van der Waals surface area contributed by atoms with Gasteiger partial charge in [-0.2, -0.15) is 0 Å². The third kappa shape index (κ3) is 3.52. The van der Waals surface area contributed by atoms with E-state index in [0.717, 1.165) is 76.0 Å². The quantitative estimate of drug-likeness (QED) is 0.882. The number of hydrogen-bond acceptors (Lipinski definition) is 5. The van der Waals surface area contributed by atoms with Gasteiger partial charge in [-0.15, -0.1) is 10.2 Å². The Labute approximate surface area is 153 Å². The minimum atomic E-state index is 0.107. The first-order valence-corrected chi connectivity index (χ1v) is 9.32. The summed E-state index contributed by atoms with van der Waals surface area (Å²) in [6.45, 7) is 5.82. The topological polar surface area (TPSA) is 79.3 Å². The van der Waals surface area contributed by atoms with Crippen LogP contribution in [0, 0.1) is 0 Å². The van der Waals surface area contributed by atoms with E-state index in [1.54, 1.807) is 12.4 Å². The third-order valence-electron chi connectivity index (χ3n) is 5.46. The van der Waals surface area contributed by atoms with Crippen LogP contribution in [0.3, 0.4) is 0 Å². The van der Waals surface area contributed by atoms with Gasteiger partial charge in [-0.1, -0.05) is 0 Å². The molecule has 26 heavy (non-hydrogen) atoms. The van der Waals surface area contributed by atoms with Crippen molar-refractivity contribution in [3.63, 3.8) is 0 Å². The van der Waals surface area contributed by atoms with E-state index < -0.39 is 0 Å². The number of aromatic amines is 1. The lowest BCUT2D eigenvalue weighted by Gasteiger charge is -2.31. The average Bonchev–Trinajstić information content (AvgIpc) is 3.33. The number of ether oxygens (including phenoxy) is 1. The predicted octanol–water partition coefficient (Wildman–Crippen LogP) is 0.995. The summed E-state index contributed by atoms with van der Waals surface area (Å²) in [5.74, 6) is 2.52. The molecule has 2 aliphatic rings. The molecule has 0 saturated carbocycles. The van der Waals surface area contributed by atoms with Crippen LogP contribution in [0.15, 0.2) is 18.5 Å². The van der Waals surface area contributed by atoms with Crippen LogP contribution in [0.25, 0.3) is 0 Å². The normalized spacial score (nSPS) is 19.8. The second kappa shape index (κ2) is 7.59. The molecule has 2 aliphatic heterocycles. The Morgan fingerprint density at radius 1 is 1.23 bits per heavy atom. The Balaban J connectivity index is 1.36. The zero-order chi connectivity index (χ0) is 17.9. The largest absolute Gasteiger partial charge is 0.379 e. The number of nitrogens with zero attached hydrogens (tertiary/aromatic N) is 5. The highest BCUT2D eigenvalue weighted by Crippen LogP contribution is 2.27. The van der Waals surface area contributed by atoms with E-state index in [4.69, 9.17) is 4.74 Å². The van der Waals surface area contributed by atoms with E-state index in [0.29, 0.717) is 5.92 Å². The molecule has 140 valence electrons. The summed E-state index contributed by atoms with van der Waals surface area (Å²) in [5.41, 5.74) is 0.731. The van der Waals surface area contributed by atoms with Crippen LogP contribution in [0.5, 0.6) is 0 Å². The Bertz CT molecular complexity index is 727. The Hall–Kier alpha value is -2.19. The molecule has 4 rings (SSSR count). The molecule has 0 radical (unpaired) electrons. The number of H-pyrrole nitrogens is 1.